The lowest BCUT2D eigenvalue weighted by Crippen LogP contribution is -2.33. The molecule has 2 saturated heterocycles. The van der Waals surface area contributed by atoms with Gasteiger partial charge in [0.15, 0.2) is 12.5 Å². The second-order valence-electron chi connectivity index (χ2n) is 7.76. The monoisotopic (exact) mass is 492 g/mol. The minimum Gasteiger partial charge on any atom is -0.461 e. The van der Waals surface area contributed by atoms with Gasteiger partial charge in [-0.15, -0.1) is 5.10 Å². The lowest BCUT2D eigenvalue weighted by Gasteiger charge is -2.20. The Morgan fingerprint density at radius 3 is 2.51 bits per heavy atom. The predicted octanol–water partition coefficient (Wildman–Crippen LogP) is -0.0200. The number of rotatable bonds is 13. The molecular formula is C22H28N4O9. The van der Waals surface area contributed by atoms with Crippen LogP contribution in [0.3, 0.4) is 0 Å². The van der Waals surface area contributed by atoms with Crippen LogP contribution in [0.5, 0.6) is 0 Å². The molecule has 1 amide bonds. The van der Waals surface area contributed by atoms with E-state index in [9.17, 15) is 9.59 Å². The zero-order valence-corrected chi connectivity index (χ0v) is 19.2. The summed E-state index contributed by atoms with van der Waals surface area (Å²) < 4.78 is 40.4. The summed E-state index contributed by atoms with van der Waals surface area (Å²) in [6.45, 7) is 1.20. The summed E-state index contributed by atoms with van der Waals surface area (Å²) in [5, 5.41) is 4.08. The van der Waals surface area contributed by atoms with Crippen LogP contribution in [0.15, 0.2) is 36.7 Å². The Kier molecular flexibility index (Phi) is 8.74. The maximum absolute atomic E-state index is 12.1. The third kappa shape index (κ3) is 6.39. The third-order valence-electron chi connectivity index (χ3n) is 5.34. The van der Waals surface area contributed by atoms with Crippen molar-refractivity contribution in [2.24, 2.45) is 5.73 Å². The second kappa shape index (κ2) is 12.2. The molecule has 4 rings (SSSR count). The van der Waals surface area contributed by atoms with Crippen LogP contribution >= 0.6 is 0 Å². The van der Waals surface area contributed by atoms with E-state index in [0.717, 1.165) is 5.56 Å². The fourth-order valence-corrected chi connectivity index (χ4v) is 3.69. The van der Waals surface area contributed by atoms with Gasteiger partial charge in [-0.3, -0.25) is 4.79 Å². The Bertz CT molecular complexity index is 973. The highest BCUT2D eigenvalue weighted by atomic mass is 16.8. The quantitative estimate of drug-likeness (QED) is 0.296. The normalized spacial score (nSPS) is 25.5. The number of nitrogens with zero attached hydrogens (tertiary/aromatic N) is 3. The van der Waals surface area contributed by atoms with Crippen molar-refractivity contribution in [1.29, 1.82) is 0 Å². The van der Waals surface area contributed by atoms with Gasteiger partial charge in [0.05, 0.1) is 26.4 Å². The first-order valence-electron chi connectivity index (χ1n) is 11.1. The molecule has 2 aliphatic rings. The molecule has 35 heavy (non-hydrogen) atoms. The van der Waals surface area contributed by atoms with Gasteiger partial charge in [-0.1, -0.05) is 30.3 Å². The van der Waals surface area contributed by atoms with Crippen molar-refractivity contribution in [1.82, 2.24) is 14.8 Å². The van der Waals surface area contributed by atoms with Gasteiger partial charge in [-0.2, -0.15) is 0 Å². The summed E-state index contributed by atoms with van der Waals surface area (Å²) in [6.07, 6.45) is -1.88. The number of benzene rings is 1. The van der Waals surface area contributed by atoms with Crippen molar-refractivity contribution in [3.63, 3.8) is 0 Å². The van der Waals surface area contributed by atoms with E-state index in [-0.39, 0.29) is 25.6 Å². The fraction of sp³-hybridized carbons (Fsp3) is 0.545. The van der Waals surface area contributed by atoms with Crippen molar-refractivity contribution in [3.05, 3.63) is 48.0 Å². The van der Waals surface area contributed by atoms with Crippen LogP contribution < -0.4 is 5.73 Å². The first-order chi connectivity index (χ1) is 17.1. The highest BCUT2D eigenvalue weighted by Gasteiger charge is 2.54. The maximum atomic E-state index is 12.1. The van der Waals surface area contributed by atoms with Gasteiger partial charge in [0.1, 0.15) is 37.9 Å². The number of amides is 1. The molecule has 2 aromatic rings. The van der Waals surface area contributed by atoms with E-state index in [1.165, 1.54) is 11.0 Å². The standard InChI is InChI=1S/C22H28N4O9/c1-29-7-8-30-9-10-31-12-16(27)32-11-15-17-18(35-22(34-17)14-5-3-2-4-6-14)21(33-15)26-13-24-20(25-26)19(23)28/h2-6,13,15,17-18,21-22H,7-12H2,1H3,(H2,23,28)/t15?,17?,18?,21-,22?/m1/s1. The number of ether oxygens (including phenoxy) is 7. The molecule has 4 unspecified atom stereocenters. The van der Waals surface area contributed by atoms with E-state index >= 15 is 0 Å². The Balaban J connectivity index is 1.34. The number of methoxy groups -OCH3 is 1. The minimum absolute atomic E-state index is 0.0908. The van der Waals surface area contributed by atoms with E-state index in [0.29, 0.717) is 19.8 Å². The van der Waals surface area contributed by atoms with Crippen LogP contribution in [-0.4, -0.2) is 91.7 Å². The zero-order chi connectivity index (χ0) is 24.6. The molecule has 190 valence electrons. The molecule has 0 saturated carbocycles. The van der Waals surface area contributed by atoms with Gasteiger partial charge in [0, 0.05) is 12.7 Å². The molecule has 3 heterocycles. The number of carbonyl (C=O) groups excluding carboxylic acids is 2. The third-order valence-corrected chi connectivity index (χ3v) is 5.34. The molecule has 13 nitrogen and oxygen atoms in total. The first-order valence-corrected chi connectivity index (χ1v) is 11.1. The zero-order valence-electron chi connectivity index (χ0n) is 19.2. The van der Waals surface area contributed by atoms with E-state index in [2.05, 4.69) is 10.1 Å². The first kappa shape index (κ1) is 25.2. The molecule has 5 atom stereocenters. The lowest BCUT2D eigenvalue weighted by molar-refractivity contribution is -0.170. The van der Waals surface area contributed by atoms with Crippen molar-refractivity contribution in [2.75, 3.05) is 46.8 Å². The van der Waals surface area contributed by atoms with E-state index in [1.807, 2.05) is 30.3 Å². The summed E-state index contributed by atoms with van der Waals surface area (Å²) in [5.41, 5.74) is 6.09. The number of carbonyl (C=O) groups is 2. The van der Waals surface area contributed by atoms with Gasteiger partial charge < -0.3 is 38.9 Å². The SMILES string of the molecule is COCCOCCOCC(=O)OCC1O[C@@H](n2cnc(C(N)=O)n2)C2OC(c3ccccc3)OC12. The number of aromatic nitrogens is 3. The van der Waals surface area contributed by atoms with Crippen LogP contribution in [0.4, 0.5) is 0 Å². The van der Waals surface area contributed by atoms with Crippen LogP contribution in [0.25, 0.3) is 0 Å². The molecule has 2 N–H and O–H groups in total. The van der Waals surface area contributed by atoms with Gasteiger partial charge in [-0.25, -0.2) is 14.5 Å². The molecule has 0 bridgehead atoms. The van der Waals surface area contributed by atoms with Gasteiger partial charge >= 0.3 is 5.97 Å². The molecule has 2 aliphatic heterocycles. The van der Waals surface area contributed by atoms with Crippen LogP contribution in [0.2, 0.25) is 0 Å². The summed E-state index contributed by atoms with van der Waals surface area (Å²) >= 11 is 0. The topological polar surface area (TPSA) is 155 Å². The Labute approximate surface area is 201 Å². The summed E-state index contributed by atoms with van der Waals surface area (Å²) in [7, 11) is 1.59. The summed E-state index contributed by atoms with van der Waals surface area (Å²) in [4.78, 5) is 27.4. The summed E-state index contributed by atoms with van der Waals surface area (Å²) in [6, 6.07) is 9.41. The number of fused-ring (bicyclic) bond motifs is 1. The van der Waals surface area contributed by atoms with Gasteiger partial charge in [0.25, 0.3) is 5.91 Å². The van der Waals surface area contributed by atoms with Gasteiger partial charge in [0.2, 0.25) is 5.82 Å². The molecule has 0 aliphatic carbocycles. The maximum Gasteiger partial charge on any atom is 0.332 e. The van der Waals surface area contributed by atoms with E-state index in [4.69, 9.17) is 38.9 Å². The summed E-state index contributed by atoms with van der Waals surface area (Å²) in [5.74, 6) is -1.47. The van der Waals surface area contributed by atoms with Crippen molar-refractivity contribution in [2.45, 2.75) is 30.8 Å². The minimum atomic E-state index is -0.765. The largest absolute Gasteiger partial charge is 0.461 e. The molecule has 2 fully saturated rings. The van der Waals surface area contributed by atoms with E-state index < -0.39 is 42.7 Å². The number of nitrogens with two attached hydrogens (primary N) is 1. The van der Waals surface area contributed by atoms with Crippen molar-refractivity contribution in [3.8, 4) is 0 Å². The predicted molar refractivity (Wildman–Crippen MR) is 116 cm³/mol. The fourth-order valence-electron chi connectivity index (χ4n) is 3.69. The molecule has 1 aromatic heterocycles. The van der Waals surface area contributed by atoms with Crippen molar-refractivity contribution >= 4 is 11.9 Å². The van der Waals surface area contributed by atoms with E-state index in [1.54, 1.807) is 7.11 Å². The number of esters is 1. The smallest absolute Gasteiger partial charge is 0.332 e. The van der Waals surface area contributed by atoms with Gasteiger partial charge in [-0.05, 0) is 0 Å². The average Bonchev–Trinajstić information content (AvgIpc) is 3.58. The van der Waals surface area contributed by atoms with Crippen molar-refractivity contribution < 1.29 is 42.7 Å². The average molecular weight is 492 g/mol. The van der Waals surface area contributed by atoms with Crippen LogP contribution in [-0.2, 0) is 38.0 Å². The molecule has 1 aromatic carbocycles. The highest BCUT2D eigenvalue weighted by Crippen LogP contribution is 2.43. The molecule has 0 spiro atoms. The molecule has 0 radical (unpaired) electrons. The Morgan fingerprint density at radius 2 is 1.77 bits per heavy atom. The second-order valence-corrected chi connectivity index (χ2v) is 7.76. The highest BCUT2D eigenvalue weighted by molar-refractivity contribution is 5.88. The lowest BCUT2D eigenvalue weighted by atomic mass is 10.1. The number of hydrogen-bond acceptors (Lipinski definition) is 11. The van der Waals surface area contributed by atoms with Crippen LogP contribution in [0, 0.1) is 0 Å². The Morgan fingerprint density at radius 1 is 1.03 bits per heavy atom. The molecule has 13 heteroatoms. The number of hydrogen-bond donors (Lipinski definition) is 1. The molecular weight excluding hydrogens is 464 g/mol. The Hall–Kier alpha value is -2.94. The number of primary amides is 1. The van der Waals surface area contributed by atoms with Crippen LogP contribution in [0.1, 0.15) is 28.7 Å².